The molecule has 0 atom stereocenters. The zero-order valence-electron chi connectivity index (χ0n) is 8.84. The third-order valence-corrected chi connectivity index (χ3v) is 2.28. The SMILES string of the molecule is CCC(=O)C=Cn1c(=O)oc2ccccc21. The monoisotopic (exact) mass is 217 g/mol. The van der Waals surface area contributed by atoms with Crippen LogP contribution in [0.2, 0.25) is 0 Å². The molecule has 1 aromatic carbocycles. The van der Waals surface area contributed by atoms with E-state index >= 15 is 0 Å². The Morgan fingerprint density at radius 3 is 2.94 bits per heavy atom. The first-order valence-electron chi connectivity index (χ1n) is 5.03. The highest BCUT2D eigenvalue weighted by Crippen LogP contribution is 2.11. The smallest absolute Gasteiger partial charge is 0.407 e. The molecule has 0 amide bonds. The van der Waals surface area contributed by atoms with Crippen LogP contribution in [0.4, 0.5) is 0 Å². The molecule has 0 saturated carbocycles. The van der Waals surface area contributed by atoms with Crippen molar-refractivity contribution in [1.82, 2.24) is 4.57 Å². The Labute approximate surface area is 91.8 Å². The number of ketones is 1. The summed E-state index contributed by atoms with van der Waals surface area (Å²) in [6, 6.07) is 7.07. The summed E-state index contributed by atoms with van der Waals surface area (Å²) < 4.78 is 6.33. The molecule has 0 fully saturated rings. The second kappa shape index (κ2) is 4.18. The van der Waals surface area contributed by atoms with E-state index in [0.717, 1.165) is 0 Å². The van der Waals surface area contributed by atoms with Crippen molar-refractivity contribution in [3.63, 3.8) is 0 Å². The van der Waals surface area contributed by atoms with Crippen molar-refractivity contribution in [2.45, 2.75) is 13.3 Å². The van der Waals surface area contributed by atoms with E-state index in [0.29, 0.717) is 17.5 Å². The van der Waals surface area contributed by atoms with E-state index < -0.39 is 5.76 Å². The predicted molar refractivity (Wildman–Crippen MR) is 61.1 cm³/mol. The fraction of sp³-hybridized carbons (Fsp3) is 0.167. The van der Waals surface area contributed by atoms with Gasteiger partial charge in [0.1, 0.15) is 0 Å². The molecule has 0 saturated heterocycles. The second-order valence-electron chi connectivity index (χ2n) is 3.34. The number of aromatic nitrogens is 1. The van der Waals surface area contributed by atoms with Crippen LogP contribution in [0, 0.1) is 0 Å². The number of allylic oxidation sites excluding steroid dienone is 1. The van der Waals surface area contributed by atoms with Crippen molar-refractivity contribution in [1.29, 1.82) is 0 Å². The largest absolute Gasteiger partial charge is 0.424 e. The van der Waals surface area contributed by atoms with Crippen molar-refractivity contribution < 1.29 is 9.21 Å². The Bertz CT molecular complexity index is 604. The summed E-state index contributed by atoms with van der Waals surface area (Å²) >= 11 is 0. The maximum Gasteiger partial charge on any atom is 0.424 e. The molecule has 1 heterocycles. The fourth-order valence-electron chi connectivity index (χ4n) is 1.40. The fourth-order valence-corrected chi connectivity index (χ4v) is 1.40. The Kier molecular flexibility index (Phi) is 2.72. The van der Waals surface area contributed by atoms with E-state index in [1.54, 1.807) is 25.1 Å². The van der Waals surface area contributed by atoms with Gasteiger partial charge in [-0.1, -0.05) is 19.1 Å². The minimum absolute atomic E-state index is 0.0304. The molecular formula is C12H11NO3. The highest BCUT2D eigenvalue weighted by atomic mass is 16.4. The number of para-hydroxylation sites is 2. The molecular weight excluding hydrogens is 206 g/mol. The lowest BCUT2D eigenvalue weighted by Gasteiger charge is -1.91. The summed E-state index contributed by atoms with van der Waals surface area (Å²) in [5.41, 5.74) is 1.17. The van der Waals surface area contributed by atoms with Gasteiger partial charge in [0.2, 0.25) is 0 Å². The molecule has 2 aromatic rings. The summed E-state index contributed by atoms with van der Waals surface area (Å²) in [4.78, 5) is 22.6. The lowest BCUT2D eigenvalue weighted by molar-refractivity contribution is -0.114. The molecule has 0 unspecified atom stereocenters. The Hall–Kier alpha value is -2.10. The number of carbonyl (C=O) groups is 1. The molecule has 16 heavy (non-hydrogen) atoms. The molecule has 2 rings (SSSR count). The number of nitrogens with zero attached hydrogens (tertiary/aromatic N) is 1. The Morgan fingerprint density at radius 2 is 2.19 bits per heavy atom. The van der Waals surface area contributed by atoms with E-state index in [1.165, 1.54) is 16.8 Å². The van der Waals surface area contributed by atoms with E-state index in [1.807, 2.05) is 6.07 Å². The number of carbonyl (C=O) groups excluding carboxylic acids is 1. The summed E-state index contributed by atoms with van der Waals surface area (Å²) in [6.45, 7) is 1.77. The van der Waals surface area contributed by atoms with Gasteiger partial charge in [-0.3, -0.25) is 4.79 Å². The van der Waals surface area contributed by atoms with Crippen molar-refractivity contribution in [3.8, 4) is 0 Å². The van der Waals surface area contributed by atoms with E-state index in [4.69, 9.17) is 4.42 Å². The molecule has 0 aliphatic rings. The van der Waals surface area contributed by atoms with Gasteiger partial charge in [0.15, 0.2) is 11.4 Å². The quantitative estimate of drug-likeness (QED) is 0.739. The first kappa shape index (κ1) is 10.4. The van der Waals surface area contributed by atoms with Crippen LogP contribution < -0.4 is 5.76 Å². The maximum absolute atomic E-state index is 11.5. The predicted octanol–water partition coefficient (Wildman–Crippen LogP) is 2.04. The van der Waals surface area contributed by atoms with Gasteiger partial charge in [-0.2, -0.15) is 0 Å². The van der Waals surface area contributed by atoms with Crippen molar-refractivity contribution >= 4 is 23.1 Å². The van der Waals surface area contributed by atoms with Gasteiger partial charge in [0.05, 0.1) is 5.52 Å². The average Bonchev–Trinajstić information content (AvgIpc) is 2.62. The summed E-state index contributed by atoms with van der Waals surface area (Å²) in [5.74, 6) is -0.515. The van der Waals surface area contributed by atoms with Crippen LogP contribution in [-0.2, 0) is 4.79 Å². The van der Waals surface area contributed by atoms with Crippen LogP contribution in [0.1, 0.15) is 13.3 Å². The third-order valence-electron chi connectivity index (χ3n) is 2.28. The maximum atomic E-state index is 11.5. The normalized spacial score (nSPS) is 11.3. The molecule has 0 aliphatic carbocycles. The van der Waals surface area contributed by atoms with Gasteiger partial charge in [0.25, 0.3) is 0 Å². The zero-order valence-corrected chi connectivity index (χ0v) is 8.84. The molecule has 0 N–H and O–H groups in total. The minimum Gasteiger partial charge on any atom is -0.407 e. The van der Waals surface area contributed by atoms with Crippen LogP contribution in [0.3, 0.4) is 0 Å². The zero-order chi connectivity index (χ0) is 11.5. The lowest BCUT2D eigenvalue weighted by atomic mass is 10.3. The third kappa shape index (κ3) is 1.82. The number of rotatable bonds is 3. The van der Waals surface area contributed by atoms with E-state index in [9.17, 15) is 9.59 Å². The van der Waals surface area contributed by atoms with Crippen molar-refractivity contribution in [2.24, 2.45) is 0 Å². The highest BCUT2D eigenvalue weighted by Gasteiger charge is 2.05. The van der Waals surface area contributed by atoms with Gasteiger partial charge in [0, 0.05) is 12.6 Å². The number of hydrogen-bond donors (Lipinski definition) is 0. The molecule has 82 valence electrons. The van der Waals surface area contributed by atoms with Crippen LogP contribution in [0.5, 0.6) is 0 Å². The van der Waals surface area contributed by atoms with Gasteiger partial charge in [-0.05, 0) is 18.2 Å². The van der Waals surface area contributed by atoms with E-state index in [-0.39, 0.29) is 5.78 Å². The first-order valence-corrected chi connectivity index (χ1v) is 5.03. The number of fused-ring (bicyclic) bond motifs is 1. The van der Waals surface area contributed by atoms with Gasteiger partial charge < -0.3 is 4.42 Å². The van der Waals surface area contributed by atoms with Crippen molar-refractivity contribution in [3.05, 3.63) is 40.9 Å². The van der Waals surface area contributed by atoms with E-state index in [2.05, 4.69) is 0 Å². The lowest BCUT2D eigenvalue weighted by Crippen LogP contribution is -2.08. The first-order chi connectivity index (χ1) is 7.72. The van der Waals surface area contributed by atoms with Crippen LogP contribution in [0.25, 0.3) is 17.3 Å². The van der Waals surface area contributed by atoms with Crippen LogP contribution >= 0.6 is 0 Å². The Morgan fingerprint density at radius 1 is 1.44 bits per heavy atom. The van der Waals surface area contributed by atoms with Crippen molar-refractivity contribution in [2.75, 3.05) is 0 Å². The molecule has 0 spiro atoms. The summed E-state index contributed by atoms with van der Waals surface area (Å²) in [5, 5.41) is 0. The van der Waals surface area contributed by atoms with Crippen LogP contribution in [-0.4, -0.2) is 10.4 Å². The molecule has 0 aliphatic heterocycles. The van der Waals surface area contributed by atoms with Gasteiger partial charge >= 0.3 is 5.76 Å². The molecule has 4 heteroatoms. The van der Waals surface area contributed by atoms with Crippen LogP contribution in [0.15, 0.2) is 39.6 Å². The second-order valence-corrected chi connectivity index (χ2v) is 3.34. The number of benzene rings is 1. The number of hydrogen-bond acceptors (Lipinski definition) is 3. The molecule has 0 radical (unpaired) electrons. The highest BCUT2D eigenvalue weighted by molar-refractivity contribution is 5.92. The standard InChI is InChI=1S/C12H11NO3/c1-2-9(14)7-8-13-10-5-3-4-6-11(10)16-12(13)15/h3-8H,2H2,1H3. The topological polar surface area (TPSA) is 52.2 Å². The molecule has 4 nitrogen and oxygen atoms in total. The Balaban J connectivity index is 2.52. The molecule has 0 bridgehead atoms. The summed E-state index contributed by atoms with van der Waals surface area (Å²) in [7, 11) is 0. The average molecular weight is 217 g/mol. The minimum atomic E-state index is -0.485. The number of oxazole rings is 1. The van der Waals surface area contributed by atoms with Gasteiger partial charge in [-0.25, -0.2) is 9.36 Å². The summed E-state index contributed by atoms with van der Waals surface area (Å²) in [6.07, 6.45) is 3.24. The molecule has 1 aromatic heterocycles. The van der Waals surface area contributed by atoms with Gasteiger partial charge in [-0.15, -0.1) is 0 Å².